The van der Waals surface area contributed by atoms with Gasteiger partial charge in [0.05, 0.1) is 0 Å². The first-order valence-electron chi connectivity index (χ1n) is 7.94. The number of thioether (sulfide) groups is 1. The van der Waals surface area contributed by atoms with Crippen LogP contribution in [-0.2, 0) is 4.74 Å². The lowest BCUT2D eigenvalue weighted by molar-refractivity contribution is 0.198. The molecule has 0 radical (unpaired) electrons. The molecule has 2 nitrogen and oxygen atoms in total. The number of hydrogen-bond donors (Lipinski definition) is 1. The zero-order valence-corrected chi connectivity index (χ0v) is 14.7. The summed E-state index contributed by atoms with van der Waals surface area (Å²) in [6.45, 7) is 4.73. The van der Waals surface area contributed by atoms with Crippen LogP contribution in [0.2, 0.25) is 0 Å². The van der Waals surface area contributed by atoms with Crippen molar-refractivity contribution in [2.75, 3.05) is 19.8 Å². The molecule has 1 aliphatic rings. The second-order valence-corrected chi connectivity index (χ2v) is 6.18. The molecule has 1 atom stereocenters. The fraction of sp³-hybridized carbons (Fsp3) is 0.300. The molecule has 0 heterocycles. The van der Waals surface area contributed by atoms with E-state index in [9.17, 15) is 0 Å². The van der Waals surface area contributed by atoms with Gasteiger partial charge in [0.15, 0.2) is 0 Å². The molecule has 0 aromatic heterocycles. The van der Waals surface area contributed by atoms with Crippen molar-refractivity contribution >= 4 is 23.6 Å². The second kappa shape index (κ2) is 9.43. The second-order valence-electron chi connectivity index (χ2n) is 5.30. The minimum absolute atomic E-state index is 0.0289. The average molecular weight is 327 g/mol. The van der Waals surface area contributed by atoms with Gasteiger partial charge < -0.3 is 10.1 Å². The lowest BCUT2D eigenvalue weighted by atomic mass is 10.2. The number of fused-ring (bicyclic) bond motifs is 1. The van der Waals surface area contributed by atoms with Crippen LogP contribution < -0.4 is 15.8 Å². The van der Waals surface area contributed by atoms with Crippen molar-refractivity contribution in [2.45, 2.75) is 18.9 Å². The van der Waals surface area contributed by atoms with Crippen molar-refractivity contribution in [3.8, 4) is 0 Å². The highest BCUT2D eigenvalue weighted by molar-refractivity contribution is 8.02. The minimum Gasteiger partial charge on any atom is -0.485 e. The van der Waals surface area contributed by atoms with Crippen molar-refractivity contribution in [2.24, 2.45) is 0 Å². The van der Waals surface area contributed by atoms with E-state index in [1.54, 1.807) is 11.8 Å². The lowest BCUT2D eigenvalue weighted by Gasteiger charge is -2.21. The molecule has 1 aliphatic carbocycles. The summed E-state index contributed by atoms with van der Waals surface area (Å²) in [5.41, 5.74) is 0. The van der Waals surface area contributed by atoms with E-state index in [-0.39, 0.29) is 6.10 Å². The van der Waals surface area contributed by atoms with E-state index in [0.717, 1.165) is 30.4 Å². The zero-order chi connectivity index (χ0) is 16.5. The third kappa shape index (κ3) is 4.88. The Morgan fingerprint density at radius 3 is 3.00 bits per heavy atom. The van der Waals surface area contributed by atoms with E-state index >= 15 is 0 Å². The summed E-state index contributed by atoms with van der Waals surface area (Å²) >= 11 is 1.72. The maximum Gasteiger partial charge on any atom is 0.131 e. The summed E-state index contributed by atoms with van der Waals surface area (Å²) in [5.74, 6) is 0.944. The van der Waals surface area contributed by atoms with Crippen LogP contribution in [0.5, 0.6) is 0 Å². The zero-order valence-electron chi connectivity index (χ0n) is 13.9. The van der Waals surface area contributed by atoms with Crippen molar-refractivity contribution in [1.82, 2.24) is 5.32 Å². The normalized spacial score (nSPS) is 15.4. The van der Waals surface area contributed by atoms with Crippen LogP contribution in [0.15, 0.2) is 60.1 Å². The Labute approximate surface area is 143 Å². The lowest BCUT2D eigenvalue weighted by Crippen LogP contribution is -2.29. The quantitative estimate of drug-likeness (QED) is 0.742. The first-order valence-corrected chi connectivity index (χ1v) is 9.16. The Kier molecular flexibility index (Phi) is 7.24. The molecule has 1 unspecified atom stereocenters. The van der Waals surface area contributed by atoms with Gasteiger partial charge in [0, 0.05) is 16.5 Å². The van der Waals surface area contributed by atoms with Gasteiger partial charge in [0.25, 0.3) is 0 Å². The first kappa shape index (κ1) is 17.6. The molecule has 0 saturated heterocycles. The monoisotopic (exact) mass is 327 g/mol. The third-order valence-corrected chi connectivity index (χ3v) is 4.60. The van der Waals surface area contributed by atoms with Crippen LogP contribution in [0.25, 0.3) is 11.8 Å². The number of hydrogen-bond acceptors (Lipinski definition) is 3. The van der Waals surface area contributed by atoms with E-state index in [4.69, 9.17) is 4.74 Å². The highest BCUT2D eigenvalue weighted by Crippen LogP contribution is 2.24. The van der Waals surface area contributed by atoms with Crippen molar-refractivity contribution < 1.29 is 4.74 Å². The van der Waals surface area contributed by atoms with Crippen LogP contribution in [0.3, 0.4) is 0 Å². The summed E-state index contributed by atoms with van der Waals surface area (Å²) < 4.78 is 6.44. The van der Waals surface area contributed by atoms with Gasteiger partial charge in [-0.05, 0) is 43.6 Å². The van der Waals surface area contributed by atoms with Gasteiger partial charge in [-0.15, -0.1) is 11.8 Å². The number of allylic oxidation sites excluding steroid dienone is 3. The molecule has 0 amide bonds. The van der Waals surface area contributed by atoms with Crippen LogP contribution in [-0.4, -0.2) is 26.0 Å². The molecule has 0 spiro atoms. The molecule has 0 bridgehead atoms. The molecule has 1 aromatic rings. The highest BCUT2D eigenvalue weighted by atomic mass is 32.2. The Bertz CT molecular complexity index is 703. The Hall–Kier alpha value is -1.71. The largest absolute Gasteiger partial charge is 0.485 e. The maximum atomic E-state index is 6.44. The predicted molar refractivity (Wildman–Crippen MR) is 103 cm³/mol. The van der Waals surface area contributed by atoms with Gasteiger partial charge in [0.1, 0.15) is 11.9 Å². The van der Waals surface area contributed by atoms with E-state index in [2.05, 4.69) is 60.6 Å². The Morgan fingerprint density at radius 2 is 2.26 bits per heavy atom. The number of benzene rings is 1. The molecule has 0 aliphatic heterocycles. The molecular weight excluding hydrogens is 302 g/mol. The van der Waals surface area contributed by atoms with Crippen LogP contribution in [0.4, 0.5) is 0 Å². The third-order valence-electron chi connectivity index (χ3n) is 3.73. The summed E-state index contributed by atoms with van der Waals surface area (Å²) in [6, 6.07) is 8.40. The standard InChI is InChI=1S/C20H25NOS/c1-4-9-20(23-3)19(14-15-21-2)22-18-13-8-6-11-16-10-5-7-12-17(16)18/h4-5,7-13,19,21H,1,6,14-15H2,2-3H3/b20-9-. The minimum atomic E-state index is 0.0289. The fourth-order valence-electron chi connectivity index (χ4n) is 2.57. The van der Waals surface area contributed by atoms with Gasteiger partial charge in [-0.3, -0.25) is 0 Å². The topological polar surface area (TPSA) is 21.3 Å². The molecule has 0 saturated carbocycles. The van der Waals surface area contributed by atoms with Gasteiger partial charge in [0.2, 0.25) is 0 Å². The van der Waals surface area contributed by atoms with Crippen molar-refractivity contribution in [1.29, 1.82) is 0 Å². The molecular formula is C20H25NOS. The summed E-state index contributed by atoms with van der Waals surface area (Å²) in [4.78, 5) is 1.20. The predicted octanol–water partition coefficient (Wildman–Crippen LogP) is 2.96. The Balaban J connectivity index is 2.40. The van der Waals surface area contributed by atoms with Crippen LogP contribution in [0, 0.1) is 0 Å². The number of nitrogens with one attached hydrogen (secondary N) is 1. The van der Waals surface area contributed by atoms with Gasteiger partial charge in [-0.25, -0.2) is 0 Å². The first-order chi connectivity index (χ1) is 11.3. The highest BCUT2D eigenvalue weighted by Gasteiger charge is 2.16. The van der Waals surface area contributed by atoms with E-state index in [0.29, 0.717) is 0 Å². The average Bonchev–Trinajstić information content (AvgIpc) is 2.79. The molecule has 2 rings (SSSR count). The van der Waals surface area contributed by atoms with Crippen LogP contribution in [0.1, 0.15) is 12.8 Å². The number of ether oxygens (including phenoxy) is 1. The smallest absolute Gasteiger partial charge is 0.131 e. The fourth-order valence-corrected chi connectivity index (χ4v) is 3.23. The SMILES string of the molecule is C=C/C=C(\SC)C(CCNC)OC1=c2ccccc2=CCC=C1. The summed E-state index contributed by atoms with van der Waals surface area (Å²) in [7, 11) is 1.97. The van der Waals surface area contributed by atoms with Gasteiger partial charge >= 0.3 is 0 Å². The Morgan fingerprint density at radius 1 is 1.43 bits per heavy atom. The van der Waals surface area contributed by atoms with E-state index in [1.807, 2.05) is 19.2 Å². The van der Waals surface area contributed by atoms with E-state index in [1.165, 1.54) is 10.1 Å². The molecule has 23 heavy (non-hydrogen) atoms. The maximum absolute atomic E-state index is 6.44. The molecule has 1 aromatic carbocycles. The van der Waals surface area contributed by atoms with Gasteiger partial charge in [-0.1, -0.05) is 49.1 Å². The van der Waals surface area contributed by atoms with E-state index < -0.39 is 0 Å². The summed E-state index contributed by atoms with van der Waals surface area (Å²) in [5, 5.41) is 5.61. The van der Waals surface area contributed by atoms with Crippen molar-refractivity contribution in [3.63, 3.8) is 0 Å². The van der Waals surface area contributed by atoms with Crippen molar-refractivity contribution in [3.05, 3.63) is 70.5 Å². The van der Waals surface area contributed by atoms with Gasteiger partial charge in [-0.2, -0.15) is 0 Å². The van der Waals surface area contributed by atoms with Crippen LogP contribution >= 0.6 is 11.8 Å². The number of rotatable bonds is 8. The summed E-state index contributed by atoms with van der Waals surface area (Å²) in [6.07, 6.45) is 14.3. The molecule has 1 N–H and O–H groups in total. The molecule has 122 valence electrons. The molecule has 0 fully saturated rings. The molecule has 3 heteroatoms.